The van der Waals surface area contributed by atoms with Crippen molar-refractivity contribution in [2.75, 3.05) is 0 Å². The summed E-state index contributed by atoms with van der Waals surface area (Å²) in [6.45, 7) is 6.66. The van der Waals surface area contributed by atoms with Gasteiger partial charge in [0.1, 0.15) is 0 Å². The first-order valence-corrected chi connectivity index (χ1v) is 6.45. The van der Waals surface area contributed by atoms with E-state index in [0.717, 1.165) is 16.9 Å². The molecule has 0 unspecified atom stereocenters. The van der Waals surface area contributed by atoms with E-state index in [4.69, 9.17) is 0 Å². The monoisotopic (exact) mass is 251 g/mol. The molecule has 0 saturated heterocycles. The third-order valence-electron chi connectivity index (χ3n) is 3.30. The Morgan fingerprint density at radius 1 is 0.947 bits per heavy atom. The van der Waals surface area contributed by atoms with Gasteiger partial charge in [0.25, 0.3) is 0 Å². The van der Waals surface area contributed by atoms with E-state index in [2.05, 4.69) is 55.1 Å². The lowest BCUT2D eigenvalue weighted by atomic mass is 9.86. The van der Waals surface area contributed by atoms with Crippen LogP contribution in [0.5, 0.6) is 0 Å². The minimum atomic E-state index is 0.181. The van der Waals surface area contributed by atoms with Crippen molar-refractivity contribution in [3.63, 3.8) is 0 Å². The van der Waals surface area contributed by atoms with Crippen molar-refractivity contribution in [1.29, 1.82) is 0 Å². The van der Waals surface area contributed by atoms with E-state index < -0.39 is 0 Å². The molecule has 3 heteroatoms. The number of nitrogens with zero attached hydrogens (tertiary/aromatic N) is 3. The SMILES string of the molecule is CC(C)(C)c1ccc(-c2ccc3nccn3n2)cc1. The predicted molar refractivity (Wildman–Crippen MR) is 77.1 cm³/mol. The number of aromatic nitrogens is 3. The van der Waals surface area contributed by atoms with Crippen molar-refractivity contribution in [3.8, 4) is 11.3 Å². The third kappa shape index (κ3) is 2.24. The summed E-state index contributed by atoms with van der Waals surface area (Å²) in [6, 6.07) is 12.6. The first-order chi connectivity index (χ1) is 9.04. The molecule has 0 aliphatic heterocycles. The van der Waals surface area contributed by atoms with E-state index in [-0.39, 0.29) is 5.41 Å². The van der Waals surface area contributed by atoms with Crippen molar-refractivity contribution >= 4 is 5.65 Å². The Labute approximate surface area is 112 Å². The van der Waals surface area contributed by atoms with Crippen LogP contribution in [0.15, 0.2) is 48.8 Å². The lowest BCUT2D eigenvalue weighted by molar-refractivity contribution is 0.590. The molecule has 3 aromatic rings. The molecule has 0 aliphatic rings. The Hall–Kier alpha value is -2.16. The Balaban J connectivity index is 2.01. The summed E-state index contributed by atoms with van der Waals surface area (Å²) in [7, 11) is 0. The predicted octanol–water partition coefficient (Wildman–Crippen LogP) is 3.69. The molecule has 19 heavy (non-hydrogen) atoms. The molecule has 0 aliphatic carbocycles. The molecular weight excluding hydrogens is 234 g/mol. The lowest BCUT2D eigenvalue weighted by Gasteiger charge is -2.19. The van der Waals surface area contributed by atoms with Gasteiger partial charge >= 0.3 is 0 Å². The summed E-state index contributed by atoms with van der Waals surface area (Å²) in [6.07, 6.45) is 3.62. The van der Waals surface area contributed by atoms with Gasteiger partial charge in [0.2, 0.25) is 0 Å². The van der Waals surface area contributed by atoms with Gasteiger partial charge in [-0.3, -0.25) is 0 Å². The molecule has 2 aromatic heterocycles. The molecule has 0 fully saturated rings. The van der Waals surface area contributed by atoms with Crippen LogP contribution < -0.4 is 0 Å². The van der Waals surface area contributed by atoms with Crippen LogP contribution in [0.3, 0.4) is 0 Å². The zero-order valence-electron chi connectivity index (χ0n) is 11.5. The minimum Gasteiger partial charge on any atom is -0.236 e. The first-order valence-electron chi connectivity index (χ1n) is 6.45. The van der Waals surface area contributed by atoms with Crippen molar-refractivity contribution < 1.29 is 0 Å². The fourth-order valence-electron chi connectivity index (χ4n) is 2.11. The molecular formula is C16H17N3. The molecule has 96 valence electrons. The molecule has 3 nitrogen and oxygen atoms in total. The van der Waals surface area contributed by atoms with Crippen molar-refractivity contribution in [1.82, 2.24) is 14.6 Å². The van der Waals surface area contributed by atoms with E-state index in [0.29, 0.717) is 0 Å². The standard InChI is InChI=1S/C16H17N3/c1-16(2,3)13-6-4-12(5-7-13)14-8-9-15-17-10-11-19(15)18-14/h4-11H,1-3H3. The second-order valence-electron chi connectivity index (χ2n) is 5.78. The molecule has 0 radical (unpaired) electrons. The van der Waals surface area contributed by atoms with Crippen LogP contribution in [0, 0.1) is 0 Å². The number of fused-ring (bicyclic) bond motifs is 1. The average Bonchev–Trinajstić information content (AvgIpc) is 2.85. The summed E-state index contributed by atoms with van der Waals surface area (Å²) >= 11 is 0. The maximum Gasteiger partial charge on any atom is 0.153 e. The number of imidazole rings is 1. The summed E-state index contributed by atoms with van der Waals surface area (Å²) in [5.74, 6) is 0. The van der Waals surface area contributed by atoms with E-state index >= 15 is 0 Å². The van der Waals surface area contributed by atoms with Crippen LogP contribution in [0.1, 0.15) is 26.3 Å². The van der Waals surface area contributed by atoms with Crippen LogP contribution >= 0.6 is 0 Å². The topological polar surface area (TPSA) is 30.2 Å². The molecule has 0 bridgehead atoms. The van der Waals surface area contributed by atoms with Gasteiger partial charge < -0.3 is 0 Å². The number of benzene rings is 1. The fourth-order valence-corrected chi connectivity index (χ4v) is 2.11. The first kappa shape index (κ1) is 11.9. The molecule has 0 amide bonds. The van der Waals surface area contributed by atoms with Crippen molar-refractivity contribution in [2.24, 2.45) is 0 Å². The van der Waals surface area contributed by atoms with Gasteiger partial charge in [0.05, 0.1) is 5.69 Å². The van der Waals surface area contributed by atoms with Gasteiger partial charge in [-0.2, -0.15) is 5.10 Å². The van der Waals surface area contributed by atoms with Crippen LogP contribution in [0.25, 0.3) is 16.9 Å². The van der Waals surface area contributed by atoms with Gasteiger partial charge in [0.15, 0.2) is 5.65 Å². The summed E-state index contributed by atoms with van der Waals surface area (Å²) in [4.78, 5) is 4.20. The van der Waals surface area contributed by atoms with Crippen molar-refractivity contribution in [2.45, 2.75) is 26.2 Å². The van der Waals surface area contributed by atoms with Gasteiger partial charge in [-0.15, -0.1) is 0 Å². The molecule has 0 N–H and O–H groups in total. The minimum absolute atomic E-state index is 0.181. The normalized spacial score (nSPS) is 11.9. The second kappa shape index (κ2) is 4.19. The molecule has 0 atom stereocenters. The summed E-state index contributed by atoms with van der Waals surface area (Å²) in [5, 5.41) is 4.55. The van der Waals surface area contributed by atoms with E-state index in [9.17, 15) is 0 Å². The zero-order chi connectivity index (χ0) is 13.5. The summed E-state index contributed by atoms with van der Waals surface area (Å²) in [5.41, 5.74) is 4.48. The Bertz CT molecular complexity index is 703. The Morgan fingerprint density at radius 3 is 2.37 bits per heavy atom. The Morgan fingerprint density at radius 2 is 1.68 bits per heavy atom. The highest BCUT2D eigenvalue weighted by Gasteiger charge is 2.13. The van der Waals surface area contributed by atoms with Gasteiger partial charge in [-0.05, 0) is 23.1 Å². The average molecular weight is 251 g/mol. The zero-order valence-corrected chi connectivity index (χ0v) is 11.5. The van der Waals surface area contributed by atoms with E-state index in [1.54, 1.807) is 10.7 Å². The maximum atomic E-state index is 4.55. The number of rotatable bonds is 1. The van der Waals surface area contributed by atoms with E-state index in [1.165, 1.54) is 5.56 Å². The summed E-state index contributed by atoms with van der Waals surface area (Å²) < 4.78 is 1.80. The second-order valence-corrected chi connectivity index (χ2v) is 5.78. The molecule has 0 spiro atoms. The van der Waals surface area contributed by atoms with Crippen molar-refractivity contribution in [3.05, 3.63) is 54.4 Å². The van der Waals surface area contributed by atoms with Crippen LogP contribution in [-0.4, -0.2) is 14.6 Å². The van der Waals surface area contributed by atoms with Gasteiger partial charge in [-0.1, -0.05) is 45.0 Å². The highest BCUT2D eigenvalue weighted by molar-refractivity contribution is 5.60. The molecule has 0 saturated carbocycles. The highest BCUT2D eigenvalue weighted by Crippen LogP contribution is 2.25. The van der Waals surface area contributed by atoms with Crippen LogP contribution in [0.2, 0.25) is 0 Å². The van der Waals surface area contributed by atoms with Crippen LogP contribution in [-0.2, 0) is 5.41 Å². The lowest BCUT2D eigenvalue weighted by Crippen LogP contribution is -2.10. The highest BCUT2D eigenvalue weighted by atomic mass is 15.2. The molecule has 1 aromatic carbocycles. The molecule has 2 heterocycles. The Kier molecular flexibility index (Phi) is 2.63. The number of hydrogen-bond acceptors (Lipinski definition) is 2. The molecule has 3 rings (SSSR count). The van der Waals surface area contributed by atoms with E-state index in [1.807, 2.05) is 18.3 Å². The van der Waals surface area contributed by atoms with Crippen LogP contribution in [0.4, 0.5) is 0 Å². The van der Waals surface area contributed by atoms with Gasteiger partial charge in [-0.25, -0.2) is 9.50 Å². The fraction of sp³-hybridized carbons (Fsp3) is 0.250. The smallest absolute Gasteiger partial charge is 0.153 e. The van der Waals surface area contributed by atoms with Gasteiger partial charge in [0, 0.05) is 18.0 Å². The largest absolute Gasteiger partial charge is 0.236 e. The third-order valence-corrected chi connectivity index (χ3v) is 3.30. The maximum absolute atomic E-state index is 4.55. The number of hydrogen-bond donors (Lipinski definition) is 0. The quantitative estimate of drug-likeness (QED) is 0.660.